The van der Waals surface area contributed by atoms with Gasteiger partial charge in [-0.1, -0.05) is 6.08 Å². The van der Waals surface area contributed by atoms with Crippen LogP contribution < -0.4 is 5.32 Å². The first-order valence-electron chi connectivity index (χ1n) is 4.50. The van der Waals surface area contributed by atoms with Gasteiger partial charge in [0.25, 0.3) is 0 Å². The molecule has 0 atom stereocenters. The molecule has 7 heteroatoms. The number of carboxylic acids is 2. The minimum Gasteiger partial charge on any atom is -0.480 e. The van der Waals surface area contributed by atoms with Crippen LogP contribution in [0.2, 0.25) is 0 Å². The molecule has 0 aliphatic rings. The Bertz CT molecular complexity index is 274. The van der Waals surface area contributed by atoms with Gasteiger partial charge in [-0.3, -0.25) is 14.4 Å². The molecule has 90 valence electrons. The van der Waals surface area contributed by atoms with Crippen LogP contribution in [0.1, 0.15) is 0 Å². The number of carboxylic acid groups (broad SMARTS) is 2. The molecule has 0 saturated carbocycles. The summed E-state index contributed by atoms with van der Waals surface area (Å²) in [6.07, 6.45) is 1.53. The van der Waals surface area contributed by atoms with E-state index in [1.54, 1.807) is 0 Å². The third-order valence-corrected chi connectivity index (χ3v) is 1.57. The Morgan fingerprint density at radius 3 is 2.06 bits per heavy atom. The van der Waals surface area contributed by atoms with Crippen molar-refractivity contribution in [2.75, 3.05) is 26.2 Å². The van der Waals surface area contributed by atoms with Crippen LogP contribution in [-0.2, 0) is 14.4 Å². The highest BCUT2D eigenvalue weighted by Crippen LogP contribution is 1.89. The summed E-state index contributed by atoms with van der Waals surface area (Å²) in [5, 5.41) is 19.7. The summed E-state index contributed by atoms with van der Waals surface area (Å²) in [4.78, 5) is 32.9. The molecule has 0 aromatic rings. The van der Waals surface area contributed by atoms with Crippen LogP contribution in [0.5, 0.6) is 0 Å². The van der Waals surface area contributed by atoms with Gasteiger partial charge >= 0.3 is 11.9 Å². The molecule has 0 aliphatic carbocycles. The Morgan fingerprint density at radius 1 is 1.19 bits per heavy atom. The highest BCUT2D eigenvalue weighted by molar-refractivity contribution is 5.86. The van der Waals surface area contributed by atoms with Crippen LogP contribution in [0.25, 0.3) is 0 Å². The molecule has 3 N–H and O–H groups in total. The van der Waals surface area contributed by atoms with E-state index in [0.717, 1.165) is 4.90 Å². The highest BCUT2D eigenvalue weighted by Gasteiger charge is 2.18. The monoisotopic (exact) mass is 230 g/mol. The second-order valence-electron chi connectivity index (χ2n) is 2.96. The fourth-order valence-electron chi connectivity index (χ4n) is 0.952. The van der Waals surface area contributed by atoms with Gasteiger partial charge in [-0.05, 0) is 0 Å². The van der Waals surface area contributed by atoms with Crippen molar-refractivity contribution in [3.05, 3.63) is 12.7 Å². The zero-order chi connectivity index (χ0) is 12.6. The molecule has 0 heterocycles. The summed E-state index contributed by atoms with van der Waals surface area (Å²) in [5.41, 5.74) is 0. The van der Waals surface area contributed by atoms with E-state index in [9.17, 15) is 14.4 Å². The molecule has 0 rings (SSSR count). The maximum Gasteiger partial charge on any atom is 0.323 e. The molecule has 1 amide bonds. The van der Waals surface area contributed by atoms with E-state index in [4.69, 9.17) is 10.2 Å². The van der Waals surface area contributed by atoms with Gasteiger partial charge in [-0.15, -0.1) is 6.58 Å². The smallest absolute Gasteiger partial charge is 0.323 e. The number of hydrogen-bond acceptors (Lipinski definition) is 4. The zero-order valence-electron chi connectivity index (χ0n) is 8.68. The Hall–Kier alpha value is -1.89. The number of carbonyl (C=O) groups is 3. The SMILES string of the molecule is C=CCNCC(=O)N(CC(=O)O)CC(=O)O. The molecule has 0 bridgehead atoms. The van der Waals surface area contributed by atoms with Crippen molar-refractivity contribution >= 4 is 17.8 Å². The lowest BCUT2D eigenvalue weighted by Gasteiger charge is -2.18. The number of hydrogen-bond donors (Lipinski definition) is 3. The van der Waals surface area contributed by atoms with Crippen molar-refractivity contribution < 1.29 is 24.6 Å². The summed E-state index contributed by atoms with van der Waals surface area (Å²) < 4.78 is 0. The first kappa shape index (κ1) is 14.1. The Kier molecular flexibility index (Phi) is 6.53. The van der Waals surface area contributed by atoms with Gasteiger partial charge in [-0.2, -0.15) is 0 Å². The number of carbonyl (C=O) groups excluding carboxylic acids is 1. The van der Waals surface area contributed by atoms with Crippen molar-refractivity contribution in [3.8, 4) is 0 Å². The maximum atomic E-state index is 11.4. The van der Waals surface area contributed by atoms with Crippen molar-refractivity contribution in [2.24, 2.45) is 0 Å². The molecular weight excluding hydrogens is 216 g/mol. The molecule has 0 unspecified atom stereocenters. The van der Waals surface area contributed by atoms with Crippen LogP contribution in [0.3, 0.4) is 0 Å². The minimum absolute atomic E-state index is 0.118. The molecule has 0 aromatic heterocycles. The molecule has 7 nitrogen and oxygen atoms in total. The van der Waals surface area contributed by atoms with Gasteiger partial charge in [0.05, 0.1) is 6.54 Å². The Labute approximate surface area is 92.4 Å². The van der Waals surface area contributed by atoms with Gasteiger partial charge in [0.1, 0.15) is 13.1 Å². The van der Waals surface area contributed by atoms with Crippen molar-refractivity contribution in [1.82, 2.24) is 10.2 Å². The minimum atomic E-state index is -1.25. The van der Waals surface area contributed by atoms with Crippen molar-refractivity contribution in [1.29, 1.82) is 0 Å². The molecule has 0 spiro atoms. The van der Waals surface area contributed by atoms with E-state index >= 15 is 0 Å². The van der Waals surface area contributed by atoms with Crippen LogP contribution in [-0.4, -0.2) is 59.1 Å². The summed E-state index contributed by atoms with van der Waals surface area (Å²) in [7, 11) is 0. The molecule has 0 aliphatic heterocycles. The summed E-state index contributed by atoms with van der Waals surface area (Å²) in [5.74, 6) is -3.08. The average Bonchev–Trinajstić information content (AvgIpc) is 2.15. The lowest BCUT2D eigenvalue weighted by atomic mass is 10.4. The second kappa shape index (κ2) is 7.41. The Balaban J connectivity index is 4.25. The largest absolute Gasteiger partial charge is 0.480 e. The first-order chi connectivity index (χ1) is 7.47. The van der Waals surface area contributed by atoms with E-state index in [0.29, 0.717) is 6.54 Å². The summed E-state index contributed by atoms with van der Waals surface area (Å²) in [6.45, 7) is 2.45. The fraction of sp³-hybridized carbons (Fsp3) is 0.444. The first-order valence-corrected chi connectivity index (χ1v) is 4.50. The van der Waals surface area contributed by atoms with Crippen molar-refractivity contribution in [3.63, 3.8) is 0 Å². The van der Waals surface area contributed by atoms with Crippen LogP contribution in [0.4, 0.5) is 0 Å². The van der Waals surface area contributed by atoms with Gasteiger partial charge in [0.2, 0.25) is 5.91 Å². The van der Waals surface area contributed by atoms with E-state index in [2.05, 4.69) is 11.9 Å². The standard InChI is InChI=1S/C9H14N2O5/c1-2-3-10-4-7(12)11(5-8(13)14)6-9(15)16/h2,10H,1,3-6H2,(H,13,14)(H,15,16). The fourth-order valence-corrected chi connectivity index (χ4v) is 0.952. The normalized spacial score (nSPS) is 9.50. The third kappa shape index (κ3) is 6.55. The van der Waals surface area contributed by atoms with E-state index in [1.807, 2.05) is 0 Å². The summed E-state index contributed by atoms with van der Waals surface area (Å²) in [6, 6.07) is 0. The zero-order valence-corrected chi connectivity index (χ0v) is 8.68. The van der Waals surface area contributed by atoms with Crippen LogP contribution >= 0.6 is 0 Å². The molecule has 16 heavy (non-hydrogen) atoms. The molecule has 0 radical (unpaired) electrons. The van der Waals surface area contributed by atoms with Gasteiger partial charge in [0, 0.05) is 6.54 Å². The summed E-state index contributed by atoms with van der Waals surface area (Å²) >= 11 is 0. The predicted molar refractivity (Wildman–Crippen MR) is 54.9 cm³/mol. The Morgan fingerprint density at radius 2 is 1.69 bits per heavy atom. The molecule has 0 aromatic carbocycles. The maximum absolute atomic E-state index is 11.4. The molecule has 0 saturated heterocycles. The molecular formula is C9H14N2O5. The number of nitrogens with one attached hydrogen (secondary N) is 1. The van der Waals surface area contributed by atoms with Crippen LogP contribution in [0.15, 0.2) is 12.7 Å². The number of aliphatic carboxylic acids is 2. The quantitative estimate of drug-likeness (QED) is 0.355. The number of nitrogens with zero attached hydrogens (tertiary/aromatic N) is 1. The lowest BCUT2D eigenvalue weighted by Crippen LogP contribution is -2.43. The lowest BCUT2D eigenvalue weighted by molar-refractivity contribution is -0.148. The van der Waals surface area contributed by atoms with E-state index < -0.39 is 30.9 Å². The highest BCUT2D eigenvalue weighted by atomic mass is 16.4. The number of rotatable bonds is 8. The van der Waals surface area contributed by atoms with Gasteiger partial charge in [0.15, 0.2) is 0 Å². The number of amides is 1. The van der Waals surface area contributed by atoms with E-state index in [1.165, 1.54) is 6.08 Å². The third-order valence-electron chi connectivity index (χ3n) is 1.57. The topological polar surface area (TPSA) is 107 Å². The van der Waals surface area contributed by atoms with Crippen molar-refractivity contribution in [2.45, 2.75) is 0 Å². The average molecular weight is 230 g/mol. The molecule has 0 fully saturated rings. The van der Waals surface area contributed by atoms with Gasteiger partial charge in [-0.25, -0.2) is 0 Å². The second-order valence-corrected chi connectivity index (χ2v) is 2.96. The van der Waals surface area contributed by atoms with Gasteiger partial charge < -0.3 is 20.4 Å². The predicted octanol–water partition coefficient (Wildman–Crippen LogP) is -1.24. The van der Waals surface area contributed by atoms with Crippen LogP contribution in [0, 0.1) is 0 Å². The van der Waals surface area contributed by atoms with E-state index in [-0.39, 0.29) is 6.54 Å².